The van der Waals surface area contributed by atoms with Crippen molar-refractivity contribution in [2.24, 2.45) is 0 Å². The molecule has 2 aromatic carbocycles. The maximum Gasteiger partial charge on any atom is 0.167 e. The van der Waals surface area contributed by atoms with Crippen LogP contribution in [0.3, 0.4) is 0 Å². The van der Waals surface area contributed by atoms with E-state index in [0.717, 1.165) is 27.8 Å². The van der Waals surface area contributed by atoms with E-state index < -0.39 is 0 Å². The molecule has 0 unspecified atom stereocenters. The first kappa shape index (κ1) is 22.2. The number of hydrogen-bond donors (Lipinski definition) is 0. The molecule has 28 heavy (non-hydrogen) atoms. The van der Waals surface area contributed by atoms with E-state index in [2.05, 4.69) is 25.1 Å². The molecule has 0 amide bonds. The predicted octanol–water partition coefficient (Wildman–Crippen LogP) is 6.71. The highest BCUT2D eigenvalue weighted by molar-refractivity contribution is 7.98. The van der Waals surface area contributed by atoms with Crippen molar-refractivity contribution in [3.8, 4) is 16.3 Å². The molecule has 5 heteroatoms. The van der Waals surface area contributed by atoms with E-state index in [-0.39, 0.29) is 12.4 Å². The normalized spacial score (nSPS) is 10.2. The summed E-state index contributed by atoms with van der Waals surface area (Å²) in [4.78, 5) is 18.3. The number of aryl methyl sites for hydroxylation is 2. The van der Waals surface area contributed by atoms with Crippen LogP contribution in [0.15, 0.2) is 53.4 Å². The van der Waals surface area contributed by atoms with Gasteiger partial charge in [0.2, 0.25) is 0 Å². The van der Waals surface area contributed by atoms with Crippen LogP contribution in [-0.2, 0) is 10.5 Å². The summed E-state index contributed by atoms with van der Waals surface area (Å²) in [5, 5.41) is 1.07. The van der Waals surface area contributed by atoms with E-state index in [0.29, 0.717) is 0 Å². The summed E-state index contributed by atoms with van der Waals surface area (Å²) in [5.41, 5.74) is 3.31. The van der Waals surface area contributed by atoms with Crippen molar-refractivity contribution in [1.82, 2.24) is 4.98 Å². The van der Waals surface area contributed by atoms with Crippen LogP contribution in [0, 0.1) is 13.8 Å². The second-order valence-electron chi connectivity index (χ2n) is 6.10. The van der Waals surface area contributed by atoms with Crippen LogP contribution in [0.4, 0.5) is 0 Å². The number of thiazole rings is 1. The monoisotopic (exact) mass is 413 g/mol. The highest BCUT2D eigenvalue weighted by Crippen LogP contribution is 2.33. The number of ketones is 1. The quantitative estimate of drug-likeness (QED) is 0.403. The molecule has 0 saturated carbocycles. The zero-order valence-corrected chi connectivity index (χ0v) is 18.7. The summed E-state index contributed by atoms with van der Waals surface area (Å²) in [6, 6.07) is 16.4. The number of carbonyl (C=O) groups is 1. The molecule has 0 aliphatic carbocycles. The van der Waals surface area contributed by atoms with Gasteiger partial charge in [-0.3, -0.25) is 4.79 Å². The summed E-state index contributed by atoms with van der Waals surface area (Å²) in [7, 11) is 0. The third-order valence-corrected chi connectivity index (χ3v) is 6.27. The Labute approximate surface area is 176 Å². The lowest BCUT2D eigenvalue weighted by molar-refractivity contribution is -0.118. The van der Waals surface area contributed by atoms with Crippen molar-refractivity contribution in [3.05, 3.63) is 64.7 Å². The molecule has 0 spiro atoms. The molecular weight excluding hydrogens is 386 g/mol. The first-order valence-corrected chi connectivity index (χ1v) is 11.2. The number of thioether (sulfide) groups is 1. The average molecular weight is 414 g/mol. The largest absolute Gasteiger partial charge is 0.486 e. The number of ether oxygens (including phenoxy) is 1. The standard InChI is InChI=1S/C21H21NO2S2.C2H6/c1-14-11-18(9-10-19(14)24-12-15(2)23)25-13-20-16(3)22-21(26-20)17-7-5-4-6-8-17;1-2/h4-11H,12-13H2,1-3H3;1-2H3. The predicted molar refractivity (Wildman–Crippen MR) is 121 cm³/mol. The van der Waals surface area contributed by atoms with Gasteiger partial charge in [0.25, 0.3) is 0 Å². The molecule has 0 bridgehead atoms. The summed E-state index contributed by atoms with van der Waals surface area (Å²) in [6.07, 6.45) is 0. The number of Topliss-reactive ketones (excluding diaryl/α,β-unsaturated/α-hetero) is 1. The Kier molecular flexibility index (Phi) is 8.74. The minimum Gasteiger partial charge on any atom is -0.486 e. The smallest absolute Gasteiger partial charge is 0.167 e. The lowest BCUT2D eigenvalue weighted by Gasteiger charge is -2.09. The Morgan fingerprint density at radius 2 is 1.82 bits per heavy atom. The van der Waals surface area contributed by atoms with Crippen LogP contribution in [0.5, 0.6) is 5.75 Å². The molecule has 0 saturated heterocycles. The van der Waals surface area contributed by atoms with Crippen molar-refractivity contribution in [3.63, 3.8) is 0 Å². The third-order valence-electron chi connectivity index (χ3n) is 3.86. The van der Waals surface area contributed by atoms with E-state index in [1.807, 2.05) is 51.1 Å². The van der Waals surface area contributed by atoms with Gasteiger partial charge in [0.1, 0.15) is 17.4 Å². The molecule has 0 atom stereocenters. The molecule has 0 fully saturated rings. The molecule has 1 aromatic heterocycles. The van der Waals surface area contributed by atoms with E-state index in [9.17, 15) is 4.79 Å². The van der Waals surface area contributed by atoms with Gasteiger partial charge in [0, 0.05) is 21.1 Å². The molecule has 0 aliphatic heterocycles. The van der Waals surface area contributed by atoms with Crippen LogP contribution in [-0.4, -0.2) is 17.4 Å². The summed E-state index contributed by atoms with van der Waals surface area (Å²) in [6.45, 7) is 9.73. The molecule has 0 N–H and O–H groups in total. The van der Waals surface area contributed by atoms with Crippen molar-refractivity contribution in [2.75, 3.05) is 6.61 Å². The first-order chi connectivity index (χ1) is 13.5. The Morgan fingerprint density at radius 3 is 2.46 bits per heavy atom. The zero-order valence-electron chi connectivity index (χ0n) is 17.1. The fraction of sp³-hybridized carbons (Fsp3) is 0.304. The highest BCUT2D eigenvalue weighted by Gasteiger charge is 2.10. The van der Waals surface area contributed by atoms with Gasteiger partial charge >= 0.3 is 0 Å². The van der Waals surface area contributed by atoms with E-state index in [4.69, 9.17) is 9.72 Å². The Morgan fingerprint density at radius 1 is 1.11 bits per heavy atom. The molecule has 3 aromatic rings. The van der Waals surface area contributed by atoms with Gasteiger partial charge in [-0.05, 0) is 44.5 Å². The highest BCUT2D eigenvalue weighted by atomic mass is 32.2. The van der Waals surface area contributed by atoms with Crippen LogP contribution in [0.1, 0.15) is 36.9 Å². The Bertz CT molecular complexity index is 904. The number of aromatic nitrogens is 1. The van der Waals surface area contributed by atoms with Crippen molar-refractivity contribution in [2.45, 2.75) is 45.3 Å². The molecule has 3 nitrogen and oxygen atoms in total. The number of rotatable bonds is 7. The minimum absolute atomic E-state index is 0.0257. The number of benzene rings is 2. The maximum absolute atomic E-state index is 11.1. The van der Waals surface area contributed by atoms with Gasteiger partial charge < -0.3 is 4.74 Å². The van der Waals surface area contributed by atoms with Gasteiger partial charge in [0.15, 0.2) is 5.78 Å². The minimum atomic E-state index is 0.0257. The summed E-state index contributed by atoms with van der Waals surface area (Å²) < 4.78 is 5.52. The molecule has 3 rings (SSSR count). The first-order valence-electron chi connectivity index (χ1n) is 9.40. The fourth-order valence-electron chi connectivity index (χ4n) is 2.47. The molecule has 0 radical (unpaired) electrons. The summed E-state index contributed by atoms with van der Waals surface area (Å²) >= 11 is 3.55. The lowest BCUT2D eigenvalue weighted by Crippen LogP contribution is -2.07. The average Bonchev–Trinajstić information content (AvgIpc) is 3.08. The van der Waals surface area contributed by atoms with Gasteiger partial charge in [-0.15, -0.1) is 23.1 Å². The fourth-order valence-corrected chi connectivity index (χ4v) is 4.67. The lowest BCUT2D eigenvalue weighted by atomic mass is 10.2. The van der Waals surface area contributed by atoms with Crippen molar-refractivity contribution < 1.29 is 9.53 Å². The van der Waals surface area contributed by atoms with E-state index >= 15 is 0 Å². The SMILES string of the molecule is CC.CC(=O)COc1ccc(SCc2sc(-c3ccccc3)nc2C)cc1C. The second kappa shape index (κ2) is 11.0. The van der Waals surface area contributed by atoms with E-state index in [1.54, 1.807) is 23.1 Å². The van der Waals surface area contributed by atoms with Crippen LogP contribution < -0.4 is 4.74 Å². The van der Waals surface area contributed by atoms with Crippen LogP contribution >= 0.6 is 23.1 Å². The number of carbonyl (C=O) groups excluding carboxylic acids is 1. The van der Waals surface area contributed by atoms with E-state index in [1.165, 1.54) is 22.3 Å². The number of hydrogen-bond acceptors (Lipinski definition) is 5. The van der Waals surface area contributed by atoms with Gasteiger partial charge in [-0.2, -0.15) is 0 Å². The summed E-state index contributed by atoms with van der Waals surface area (Å²) in [5.74, 6) is 1.69. The zero-order chi connectivity index (χ0) is 20.5. The topological polar surface area (TPSA) is 39.2 Å². The van der Waals surface area contributed by atoms with Crippen LogP contribution in [0.25, 0.3) is 10.6 Å². The van der Waals surface area contributed by atoms with Crippen LogP contribution in [0.2, 0.25) is 0 Å². The molecule has 0 aliphatic rings. The molecular formula is C23H27NO2S2. The third kappa shape index (κ3) is 6.21. The molecule has 148 valence electrons. The van der Waals surface area contributed by atoms with Crippen molar-refractivity contribution in [1.29, 1.82) is 0 Å². The van der Waals surface area contributed by atoms with Gasteiger partial charge in [0.05, 0.1) is 5.69 Å². The Balaban J connectivity index is 0.00000136. The molecule has 1 heterocycles. The van der Waals surface area contributed by atoms with Gasteiger partial charge in [-0.25, -0.2) is 4.98 Å². The number of nitrogens with zero attached hydrogens (tertiary/aromatic N) is 1. The van der Waals surface area contributed by atoms with Crippen molar-refractivity contribution >= 4 is 28.9 Å². The maximum atomic E-state index is 11.1. The van der Waals surface area contributed by atoms with Gasteiger partial charge in [-0.1, -0.05) is 44.2 Å². The second-order valence-corrected chi connectivity index (χ2v) is 8.23. The Hall–Kier alpha value is -2.11.